The normalized spacial score (nSPS) is 16.0. The van der Waals surface area contributed by atoms with E-state index in [0.717, 1.165) is 44.2 Å². The van der Waals surface area contributed by atoms with Gasteiger partial charge in [0.05, 0.1) is 14.2 Å². The van der Waals surface area contributed by atoms with Crippen LogP contribution in [0.25, 0.3) is 0 Å². The molecular formula is C18H29N3O6. The maximum Gasteiger partial charge on any atom is 0.414 e. The Morgan fingerprint density at radius 1 is 1.07 bits per heavy atom. The number of carboxylic acids is 2. The third-order valence-corrected chi connectivity index (χ3v) is 4.49. The van der Waals surface area contributed by atoms with Crippen LogP contribution >= 0.6 is 0 Å². The predicted molar refractivity (Wildman–Crippen MR) is 100 cm³/mol. The fraction of sp³-hybridized carbons (Fsp3) is 0.556. The van der Waals surface area contributed by atoms with Gasteiger partial charge in [-0.05, 0) is 24.2 Å². The van der Waals surface area contributed by atoms with Crippen molar-refractivity contribution in [2.75, 3.05) is 53.5 Å². The van der Waals surface area contributed by atoms with Gasteiger partial charge in [-0.25, -0.2) is 9.59 Å². The first-order chi connectivity index (χ1) is 12.9. The molecule has 2 rings (SSSR count). The molecule has 1 aromatic carbocycles. The molecule has 27 heavy (non-hydrogen) atoms. The van der Waals surface area contributed by atoms with Crippen LogP contribution < -0.4 is 15.2 Å². The third-order valence-electron chi connectivity index (χ3n) is 4.49. The predicted octanol–water partition coefficient (Wildman–Crippen LogP) is 0.497. The highest BCUT2D eigenvalue weighted by atomic mass is 16.5. The highest BCUT2D eigenvalue weighted by molar-refractivity contribution is 6.27. The summed E-state index contributed by atoms with van der Waals surface area (Å²) in [5.74, 6) is -2.13. The fourth-order valence-electron chi connectivity index (χ4n) is 2.95. The number of methoxy groups -OCH3 is 2. The SMILES string of the molecule is CCN1CCN(C(CN)c2ccc(OC)c(OC)c2)CC1.O=C(O)C(=O)O. The Labute approximate surface area is 159 Å². The molecule has 9 nitrogen and oxygen atoms in total. The highest BCUT2D eigenvalue weighted by Crippen LogP contribution is 2.31. The number of nitrogens with two attached hydrogens (primary N) is 1. The van der Waals surface area contributed by atoms with E-state index in [-0.39, 0.29) is 6.04 Å². The summed E-state index contributed by atoms with van der Waals surface area (Å²) < 4.78 is 10.7. The number of benzene rings is 1. The third kappa shape index (κ3) is 6.70. The van der Waals surface area contributed by atoms with Crippen molar-refractivity contribution in [3.8, 4) is 11.5 Å². The lowest BCUT2D eigenvalue weighted by atomic mass is 10.0. The molecule has 1 aromatic rings. The lowest BCUT2D eigenvalue weighted by Crippen LogP contribution is -2.48. The second-order valence-corrected chi connectivity index (χ2v) is 5.95. The van der Waals surface area contributed by atoms with Crippen molar-refractivity contribution in [3.05, 3.63) is 23.8 Å². The van der Waals surface area contributed by atoms with Crippen LogP contribution in [0.5, 0.6) is 11.5 Å². The van der Waals surface area contributed by atoms with E-state index in [4.69, 9.17) is 35.0 Å². The summed E-state index contributed by atoms with van der Waals surface area (Å²) in [5, 5.41) is 14.8. The van der Waals surface area contributed by atoms with Gasteiger partial charge in [0.2, 0.25) is 0 Å². The first kappa shape index (κ1) is 22.7. The molecule has 1 aliphatic heterocycles. The largest absolute Gasteiger partial charge is 0.493 e. The Morgan fingerprint density at radius 3 is 2.04 bits per heavy atom. The Balaban J connectivity index is 0.000000527. The van der Waals surface area contributed by atoms with Crippen molar-refractivity contribution in [2.45, 2.75) is 13.0 Å². The molecule has 1 fully saturated rings. The van der Waals surface area contributed by atoms with Crippen LogP contribution in [0.3, 0.4) is 0 Å². The van der Waals surface area contributed by atoms with Gasteiger partial charge in [0, 0.05) is 38.8 Å². The average Bonchev–Trinajstić information content (AvgIpc) is 2.69. The molecule has 1 saturated heterocycles. The quantitative estimate of drug-likeness (QED) is 0.602. The molecule has 0 spiro atoms. The molecule has 0 saturated carbocycles. The number of piperazine rings is 1. The van der Waals surface area contributed by atoms with Gasteiger partial charge in [0.15, 0.2) is 11.5 Å². The molecule has 9 heteroatoms. The Morgan fingerprint density at radius 2 is 1.63 bits per heavy atom. The second kappa shape index (κ2) is 11.4. The van der Waals surface area contributed by atoms with Gasteiger partial charge in [-0.3, -0.25) is 4.90 Å². The molecule has 0 amide bonds. The number of ether oxygens (including phenoxy) is 2. The topological polar surface area (TPSA) is 126 Å². The van der Waals surface area contributed by atoms with Crippen molar-refractivity contribution >= 4 is 11.9 Å². The Hall–Kier alpha value is -2.36. The molecule has 1 unspecified atom stereocenters. The van der Waals surface area contributed by atoms with E-state index in [1.165, 1.54) is 5.56 Å². The van der Waals surface area contributed by atoms with E-state index in [1.54, 1.807) is 14.2 Å². The fourth-order valence-corrected chi connectivity index (χ4v) is 2.95. The molecular weight excluding hydrogens is 354 g/mol. The molecule has 0 radical (unpaired) electrons. The summed E-state index contributed by atoms with van der Waals surface area (Å²) in [6.07, 6.45) is 0. The monoisotopic (exact) mass is 383 g/mol. The Bertz CT molecular complexity index is 605. The van der Waals surface area contributed by atoms with E-state index < -0.39 is 11.9 Å². The summed E-state index contributed by atoms with van der Waals surface area (Å²) in [6, 6.07) is 6.33. The standard InChI is InChI=1S/C16H27N3O2.C2H2O4/c1-4-18-7-9-19(10-8-18)14(12-17)13-5-6-15(20-2)16(11-13)21-3;3-1(4)2(5)6/h5-6,11,14H,4,7-10,12,17H2,1-3H3;(H,3,4)(H,5,6). The number of carbonyl (C=O) groups is 2. The van der Waals surface area contributed by atoms with E-state index in [9.17, 15) is 0 Å². The van der Waals surface area contributed by atoms with Crippen LogP contribution in [0.4, 0.5) is 0 Å². The first-order valence-electron chi connectivity index (χ1n) is 8.72. The molecule has 0 aromatic heterocycles. The summed E-state index contributed by atoms with van der Waals surface area (Å²) in [7, 11) is 3.32. The van der Waals surface area contributed by atoms with Crippen molar-refractivity contribution in [1.82, 2.24) is 9.80 Å². The molecule has 4 N–H and O–H groups in total. The number of rotatable bonds is 6. The van der Waals surface area contributed by atoms with Gasteiger partial charge in [0.1, 0.15) is 0 Å². The number of nitrogens with zero attached hydrogens (tertiary/aromatic N) is 2. The lowest BCUT2D eigenvalue weighted by molar-refractivity contribution is -0.159. The first-order valence-corrected chi connectivity index (χ1v) is 8.72. The number of hydrogen-bond donors (Lipinski definition) is 3. The zero-order valence-corrected chi connectivity index (χ0v) is 16.1. The van der Waals surface area contributed by atoms with E-state index >= 15 is 0 Å². The van der Waals surface area contributed by atoms with Crippen LogP contribution in [0.1, 0.15) is 18.5 Å². The van der Waals surface area contributed by atoms with Crippen LogP contribution in [0, 0.1) is 0 Å². The van der Waals surface area contributed by atoms with E-state index in [2.05, 4.69) is 22.8 Å². The molecule has 0 bridgehead atoms. The van der Waals surface area contributed by atoms with Gasteiger partial charge < -0.3 is 30.3 Å². The molecule has 1 atom stereocenters. The minimum atomic E-state index is -1.82. The number of likely N-dealkylation sites (N-methyl/N-ethyl adjacent to an activating group) is 1. The summed E-state index contributed by atoms with van der Waals surface area (Å²) in [5.41, 5.74) is 7.23. The Kier molecular flexibility index (Phi) is 9.55. The van der Waals surface area contributed by atoms with Crippen molar-refractivity contribution in [2.24, 2.45) is 5.73 Å². The molecule has 1 aliphatic rings. The highest BCUT2D eigenvalue weighted by Gasteiger charge is 2.24. The molecule has 0 aliphatic carbocycles. The zero-order chi connectivity index (χ0) is 20.4. The van der Waals surface area contributed by atoms with E-state index in [1.807, 2.05) is 12.1 Å². The molecule has 1 heterocycles. The zero-order valence-electron chi connectivity index (χ0n) is 16.1. The van der Waals surface area contributed by atoms with Crippen LogP contribution in [0.15, 0.2) is 18.2 Å². The van der Waals surface area contributed by atoms with Crippen LogP contribution in [-0.2, 0) is 9.59 Å². The maximum absolute atomic E-state index is 9.10. The maximum atomic E-state index is 9.10. The lowest BCUT2D eigenvalue weighted by Gasteiger charge is -2.38. The van der Waals surface area contributed by atoms with Crippen LogP contribution in [0.2, 0.25) is 0 Å². The van der Waals surface area contributed by atoms with E-state index in [0.29, 0.717) is 6.54 Å². The van der Waals surface area contributed by atoms with Crippen molar-refractivity contribution in [3.63, 3.8) is 0 Å². The summed E-state index contributed by atoms with van der Waals surface area (Å²) in [6.45, 7) is 8.29. The van der Waals surface area contributed by atoms with Gasteiger partial charge in [-0.1, -0.05) is 13.0 Å². The second-order valence-electron chi connectivity index (χ2n) is 5.95. The van der Waals surface area contributed by atoms with Gasteiger partial charge in [-0.2, -0.15) is 0 Å². The molecule has 152 valence electrons. The summed E-state index contributed by atoms with van der Waals surface area (Å²) in [4.78, 5) is 23.1. The van der Waals surface area contributed by atoms with Gasteiger partial charge >= 0.3 is 11.9 Å². The van der Waals surface area contributed by atoms with Crippen molar-refractivity contribution in [1.29, 1.82) is 0 Å². The average molecular weight is 383 g/mol. The van der Waals surface area contributed by atoms with Gasteiger partial charge in [0.25, 0.3) is 0 Å². The number of hydrogen-bond acceptors (Lipinski definition) is 7. The minimum absolute atomic E-state index is 0.240. The number of aliphatic carboxylic acids is 2. The van der Waals surface area contributed by atoms with Crippen LogP contribution in [-0.4, -0.2) is 85.4 Å². The van der Waals surface area contributed by atoms with Crippen molar-refractivity contribution < 1.29 is 29.3 Å². The number of carboxylic acid groups (broad SMARTS) is 2. The smallest absolute Gasteiger partial charge is 0.414 e. The summed E-state index contributed by atoms with van der Waals surface area (Å²) >= 11 is 0. The minimum Gasteiger partial charge on any atom is -0.493 e. The van der Waals surface area contributed by atoms with Gasteiger partial charge in [-0.15, -0.1) is 0 Å².